The Morgan fingerprint density at radius 2 is 2.22 bits per heavy atom. The molecule has 0 saturated carbocycles. The second-order valence-electron chi connectivity index (χ2n) is 6.38. The number of thioether (sulfide) groups is 1. The highest BCUT2D eigenvalue weighted by Gasteiger charge is 2.37. The first-order valence-electron chi connectivity index (χ1n) is 7.88. The Morgan fingerprint density at radius 1 is 1.48 bits per heavy atom. The molecule has 2 amide bonds. The van der Waals surface area contributed by atoms with Crippen LogP contribution < -0.4 is 15.5 Å². The van der Waals surface area contributed by atoms with E-state index in [2.05, 4.69) is 20.5 Å². The van der Waals surface area contributed by atoms with Gasteiger partial charge in [-0.15, -0.1) is 23.1 Å². The van der Waals surface area contributed by atoms with E-state index in [-0.39, 0.29) is 11.8 Å². The molecule has 6 nitrogen and oxygen atoms in total. The molecule has 0 aliphatic carbocycles. The minimum absolute atomic E-state index is 0.0844. The van der Waals surface area contributed by atoms with Gasteiger partial charge in [0.15, 0.2) is 5.13 Å². The summed E-state index contributed by atoms with van der Waals surface area (Å²) in [5.74, 6) is 0.372. The molecule has 3 heterocycles. The first-order chi connectivity index (χ1) is 11.0. The zero-order valence-electron chi connectivity index (χ0n) is 13.4. The number of carbonyl (C=O) groups is 2. The summed E-state index contributed by atoms with van der Waals surface area (Å²) in [5, 5.41) is 8.70. The summed E-state index contributed by atoms with van der Waals surface area (Å²) in [6, 6.07) is -0.461. The molecule has 2 fully saturated rings. The normalized spacial score (nSPS) is 23.7. The van der Waals surface area contributed by atoms with Gasteiger partial charge in [-0.1, -0.05) is 0 Å². The molecule has 0 bridgehead atoms. The van der Waals surface area contributed by atoms with Crippen LogP contribution in [-0.4, -0.2) is 46.4 Å². The number of thiazole rings is 1. The lowest BCUT2D eigenvalue weighted by atomic mass is 10.1. The number of nitrogens with zero attached hydrogens (tertiary/aromatic N) is 2. The molecule has 1 aromatic rings. The van der Waals surface area contributed by atoms with Gasteiger partial charge in [0.05, 0.1) is 17.0 Å². The fourth-order valence-corrected chi connectivity index (χ4v) is 4.49. The predicted molar refractivity (Wildman–Crippen MR) is 93.9 cm³/mol. The van der Waals surface area contributed by atoms with E-state index in [0.717, 1.165) is 23.9 Å². The molecule has 1 aromatic heterocycles. The van der Waals surface area contributed by atoms with E-state index < -0.39 is 10.8 Å². The third kappa shape index (κ3) is 3.80. The van der Waals surface area contributed by atoms with Crippen molar-refractivity contribution in [2.75, 3.05) is 23.7 Å². The van der Waals surface area contributed by atoms with Crippen molar-refractivity contribution in [3.8, 4) is 0 Å². The fraction of sp³-hybridized carbons (Fsp3) is 0.667. The van der Waals surface area contributed by atoms with Crippen molar-refractivity contribution in [2.45, 2.75) is 44.0 Å². The molecular weight excluding hydrogens is 332 g/mol. The average molecular weight is 355 g/mol. The molecule has 1 atom stereocenters. The summed E-state index contributed by atoms with van der Waals surface area (Å²) in [5.41, 5.74) is 0.875. The zero-order chi connectivity index (χ0) is 16.4. The van der Waals surface area contributed by atoms with Gasteiger partial charge < -0.3 is 15.5 Å². The van der Waals surface area contributed by atoms with Gasteiger partial charge in [0, 0.05) is 24.2 Å². The zero-order valence-corrected chi connectivity index (χ0v) is 15.1. The number of nitrogens with one attached hydrogen (secondary N) is 2. The van der Waals surface area contributed by atoms with Crippen molar-refractivity contribution in [1.82, 2.24) is 15.6 Å². The van der Waals surface area contributed by atoms with E-state index >= 15 is 0 Å². The molecule has 0 spiro atoms. The minimum Gasteiger partial charge on any atom is -0.349 e. The molecule has 8 heteroatoms. The van der Waals surface area contributed by atoms with E-state index in [4.69, 9.17) is 0 Å². The van der Waals surface area contributed by atoms with Gasteiger partial charge in [-0.05, 0) is 26.7 Å². The van der Waals surface area contributed by atoms with E-state index in [1.54, 1.807) is 11.3 Å². The van der Waals surface area contributed by atoms with E-state index in [1.165, 1.54) is 24.6 Å². The van der Waals surface area contributed by atoms with Crippen molar-refractivity contribution in [1.29, 1.82) is 0 Å². The van der Waals surface area contributed by atoms with Gasteiger partial charge in [-0.2, -0.15) is 0 Å². The lowest BCUT2D eigenvalue weighted by molar-refractivity contribution is -0.129. The molecule has 2 aliphatic rings. The lowest BCUT2D eigenvalue weighted by Gasteiger charge is -2.32. The van der Waals surface area contributed by atoms with Crippen molar-refractivity contribution in [2.24, 2.45) is 0 Å². The highest BCUT2D eigenvalue weighted by molar-refractivity contribution is 8.01. The highest BCUT2D eigenvalue weighted by atomic mass is 32.2. The molecule has 1 unspecified atom stereocenters. The van der Waals surface area contributed by atoms with Crippen LogP contribution in [0, 0.1) is 0 Å². The molecule has 23 heavy (non-hydrogen) atoms. The van der Waals surface area contributed by atoms with Crippen LogP contribution in [0.3, 0.4) is 0 Å². The summed E-state index contributed by atoms with van der Waals surface area (Å²) in [4.78, 5) is 31.0. The standard InChI is InChI=1S/C15H22N4O2S2/c1-15(2)13(21)18-11(9-23-15)12(20)16-7-10-8-22-14(17-10)19-5-3-4-6-19/h8,11H,3-7,9H2,1-2H3,(H,16,20)(H,18,21). The Kier molecular flexibility index (Phi) is 4.82. The Morgan fingerprint density at radius 3 is 2.91 bits per heavy atom. The summed E-state index contributed by atoms with van der Waals surface area (Å²) in [6.07, 6.45) is 2.45. The van der Waals surface area contributed by atoms with E-state index in [0.29, 0.717) is 12.3 Å². The third-order valence-corrected chi connectivity index (χ3v) is 6.50. The number of amides is 2. The van der Waals surface area contributed by atoms with Crippen molar-refractivity contribution in [3.63, 3.8) is 0 Å². The van der Waals surface area contributed by atoms with Crippen molar-refractivity contribution in [3.05, 3.63) is 11.1 Å². The maximum Gasteiger partial charge on any atom is 0.243 e. The van der Waals surface area contributed by atoms with Crippen LogP contribution in [0.25, 0.3) is 0 Å². The van der Waals surface area contributed by atoms with Crippen molar-refractivity contribution >= 4 is 40.0 Å². The Bertz CT molecular complexity index is 596. The SMILES string of the molecule is CC1(C)SCC(C(=O)NCc2csc(N3CCCC3)n2)NC1=O. The molecule has 2 saturated heterocycles. The summed E-state index contributed by atoms with van der Waals surface area (Å²) in [6.45, 7) is 6.29. The van der Waals surface area contributed by atoms with Crippen LogP contribution in [0.2, 0.25) is 0 Å². The first-order valence-corrected chi connectivity index (χ1v) is 9.74. The smallest absolute Gasteiger partial charge is 0.243 e. The second kappa shape index (κ2) is 6.68. The first kappa shape index (κ1) is 16.6. The van der Waals surface area contributed by atoms with Gasteiger partial charge in [-0.3, -0.25) is 9.59 Å². The number of carbonyl (C=O) groups excluding carboxylic acids is 2. The molecular formula is C15H22N4O2S2. The van der Waals surface area contributed by atoms with Gasteiger partial charge in [0.1, 0.15) is 6.04 Å². The quantitative estimate of drug-likeness (QED) is 0.854. The fourth-order valence-electron chi connectivity index (χ4n) is 2.60. The summed E-state index contributed by atoms with van der Waals surface area (Å²) in [7, 11) is 0. The second-order valence-corrected chi connectivity index (χ2v) is 8.86. The van der Waals surface area contributed by atoms with Gasteiger partial charge in [0.25, 0.3) is 0 Å². The third-order valence-electron chi connectivity index (χ3n) is 4.14. The molecule has 2 N–H and O–H groups in total. The Labute approximate surface area is 144 Å². The minimum atomic E-state index is -0.462. The van der Waals surface area contributed by atoms with Crippen molar-refractivity contribution < 1.29 is 9.59 Å². The number of anilines is 1. The number of rotatable bonds is 4. The Hall–Kier alpha value is -1.28. The number of hydrogen-bond acceptors (Lipinski definition) is 6. The lowest BCUT2D eigenvalue weighted by Crippen LogP contribution is -2.57. The molecule has 3 rings (SSSR count). The maximum atomic E-state index is 12.2. The van der Waals surface area contributed by atoms with Gasteiger partial charge in [-0.25, -0.2) is 4.98 Å². The number of aromatic nitrogens is 1. The van der Waals surface area contributed by atoms with Crippen LogP contribution in [0.15, 0.2) is 5.38 Å². The summed E-state index contributed by atoms with van der Waals surface area (Å²) >= 11 is 3.14. The Balaban J connectivity index is 1.50. The van der Waals surface area contributed by atoms with Crippen LogP contribution in [-0.2, 0) is 16.1 Å². The monoisotopic (exact) mass is 354 g/mol. The predicted octanol–water partition coefficient (Wildman–Crippen LogP) is 1.37. The molecule has 0 radical (unpaired) electrons. The molecule has 126 valence electrons. The van der Waals surface area contributed by atoms with Gasteiger partial charge in [0.2, 0.25) is 11.8 Å². The maximum absolute atomic E-state index is 12.2. The summed E-state index contributed by atoms with van der Waals surface area (Å²) < 4.78 is -0.462. The average Bonchev–Trinajstić information content (AvgIpc) is 3.18. The van der Waals surface area contributed by atoms with Crippen LogP contribution in [0.5, 0.6) is 0 Å². The highest BCUT2D eigenvalue weighted by Crippen LogP contribution is 2.29. The topological polar surface area (TPSA) is 74.3 Å². The van der Waals surface area contributed by atoms with Crippen LogP contribution in [0.1, 0.15) is 32.4 Å². The van der Waals surface area contributed by atoms with E-state index in [9.17, 15) is 9.59 Å². The van der Waals surface area contributed by atoms with E-state index in [1.807, 2.05) is 19.2 Å². The number of hydrogen-bond donors (Lipinski definition) is 2. The van der Waals surface area contributed by atoms with Gasteiger partial charge >= 0.3 is 0 Å². The van der Waals surface area contributed by atoms with Crippen LogP contribution >= 0.6 is 23.1 Å². The largest absolute Gasteiger partial charge is 0.349 e. The molecule has 2 aliphatic heterocycles. The van der Waals surface area contributed by atoms with Crippen LogP contribution in [0.4, 0.5) is 5.13 Å². The molecule has 0 aromatic carbocycles.